The van der Waals surface area contributed by atoms with Crippen molar-refractivity contribution in [2.45, 2.75) is 18.9 Å². The van der Waals surface area contributed by atoms with Crippen LogP contribution in [0.4, 0.5) is 0 Å². The summed E-state index contributed by atoms with van der Waals surface area (Å²) >= 11 is 0. The largest absolute Gasteiger partial charge is 0.489 e. The third-order valence-corrected chi connectivity index (χ3v) is 2.18. The maximum absolute atomic E-state index is 11.2. The zero-order valence-electron chi connectivity index (χ0n) is 8.34. The molecule has 1 saturated carbocycles. The number of carboxylic acid groups (broad SMARTS) is 1. The van der Waals surface area contributed by atoms with E-state index in [4.69, 9.17) is 15.6 Å². The lowest BCUT2D eigenvalue weighted by atomic mass is 10.1. The molecular weight excluding hydrogens is 212 g/mol. The van der Waals surface area contributed by atoms with E-state index in [0.717, 1.165) is 12.8 Å². The quantitative estimate of drug-likeness (QED) is 0.768. The lowest BCUT2D eigenvalue weighted by molar-refractivity contribution is 0.0684. The number of ether oxygens (including phenoxy) is 1. The molecule has 1 aromatic rings. The van der Waals surface area contributed by atoms with Gasteiger partial charge in [0, 0.05) is 6.20 Å². The van der Waals surface area contributed by atoms with Gasteiger partial charge in [0.15, 0.2) is 5.69 Å². The Hall–Kier alpha value is -2.11. The van der Waals surface area contributed by atoms with Crippen LogP contribution in [0.1, 0.15) is 33.7 Å². The van der Waals surface area contributed by atoms with E-state index in [2.05, 4.69) is 4.98 Å². The van der Waals surface area contributed by atoms with Gasteiger partial charge in [-0.25, -0.2) is 9.78 Å². The first kappa shape index (κ1) is 10.4. The molecule has 0 spiro atoms. The predicted octanol–water partition coefficient (Wildman–Crippen LogP) is 0.420. The molecule has 2 rings (SSSR count). The normalized spacial score (nSPS) is 14.5. The minimum absolute atomic E-state index is 0.0575. The summed E-state index contributed by atoms with van der Waals surface area (Å²) in [4.78, 5) is 25.6. The molecule has 0 atom stereocenters. The number of carboxylic acids is 1. The Kier molecular flexibility index (Phi) is 2.47. The van der Waals surface area contributed by atoms with Crippen molar-refractivity contribution < 1.29 is 19.4 Å². The molecule has 0 saturated heterocycles. The van der Waals surface area contributed by atoms with Crippen LogP contribution in [0, 0.1) is 0 Å². The summed E-state index contributed by atoms with van der Waals surface area (Å²) in [5.74, 6) is -1.95. The molecule has 6 nitrogen and oxygen atoms in total. The molecule has 0 unspecified atom stereocenters. The van der Waals surface area contributed by atoms with Crippen molar-refractivity contribution in [3.05, 3.63) is 23.5 Å². The second kappa shape index (κ2) is 3.80. The SMILES string of the molecule is NC(=O)c1c(OC2CC2)ccnc1C(=O)O. The number of carbonyl (C=O) groups excluding carboxylic acids is 1. The average molecular weight is 222 g/mol. The van der Waals surface area contributed by atoms with Gasteiger partial charge in [-0.2, -0.15) is 0 Å². The molecule has 3 N–H and O–H groups in total. The van der Waals surface area contributed by atoms with Crippen molar-refractivity contribution in [1.29, 1.82) is 0 Å². The number of primary amides is 1. The van der Waals surface area contributed by atoms with E-state index in [1.54, 1.807) is 0 Å². The summed E-state index contributed by atoms with van der Waals surface area (Å²) in [6, 6.07) is 1.45. The standard InChI is InChI=1S/C10H10N2O4/c11-9(13)7-6(16-5-1-2-5)3-4-12-8(7)10(14)15/h3-5H,1-2H2,(H2,11,13)(H,14,15). The van der Waals surface area contributed by atoms with Crippen molar-refractivity contribution in [3.8, 4) is 5.75 Å². The molecule has 0 radical (unpaired) electrons. The van der Waals surface area contributed by atoms with Crippen molar-refractivity contribution >= 4 is 11.9 Å². The van der Waals surface area contributed by atoms with Crippen LogP contribution in [-0.4, -0.2) is 28.1 Å². The molecule has 84 valence electrons. The molecule has 1 heterocycles. The van der Waals surface area contributed by atoms with Gasteiger partial charge in [0.2, 0.25) is 0 Å². The minimum atomic E-state index is -1.30. The molecule has 16 heavy (non-hydrogen) atoms. The Bertz CT molecular complexity index is 454. The highest BCUT2D eigenvalue weighted by molar-refractivity contribution is 6.04. The smallest absolute Gasteiger partial charge is 0.355 e. The molecule has 1 aliphatic carbocycles. The lowest BCUT2D eigenvalue weighted by Gasteiger charge is -2.09. The van der Waals surface area contributed by atoms with Crippen LogP contribution in [0.3, 0.4) is 0 Å². The predicted molar refractivity (Wildman–Crippen MR) is 53.4 cm³/mol. The summed E-state index contributed by atoms with van der Waals surface area (Å²) in [5, 5.41) is 8.86. The molecule has 0 aliphatic heterocycles. The van der Waals surface area contributed by atoms with E-state index in [1.807, 2.05) is 0 Å². The van der Waals surface area contributed by atoms with Gasteiger partial charge in [-0.3, -0.25) is 4.79 Å². The molecule has 6 heteroatoms. The Morgan fingerprint density at radius 2 is 2.19 bits per heavy atom. The first-order valence-electron chi connectivity index (χ1n) is 4.78. The highest BCUT2D eigenvalue weighted by Crippen LogP contribution is 2.29. The zero-order valence-corrected chi connectivity index (χ0v) is 8.34. The number of carbonyl (C=O) groups is 2. The van der Waals surface area contributed by atoms with E-state index in [-0.39, 0.29) is 23.1 Å². The van der Waals surface area contributed by atoms with Crippen molar-refractivity contribution in [2.75, 3.05) is 0 Å². The van der Waals surface area contributed by atoms with Gasteiger partial charge in [0.25, 0.3) is 5.91 Å². The van der Waals surface area contributed by atoms with E-state index in [1.165, 1.54) is 12.3 Å². The Balaban J connectivity index is 2.45. The molecule has 1 aromatic heterocycles. The number of hydrogen-bond acceptors (Lipinski definition) is 4. The lowest BCUT2D eigenvalue weighted by Crippen LogP contribution is -2.19. The van der Waals surface area contributed by atoms with Gasteiger partial charge < -0.3 is 15.6 Å². The summed E-state index contributed by atoms with van der Waals surface area (Å²) in [5.41, 5.74) is 4.59. The number of hydrogen-bond donors (Lipinski definition) is 2. The number of pyridine rings is 1. The van der Waals surface area contributed by atoms with Crippen LogP contribution in [-0.2, 0) is 0 Å². The summed E-state index contributed by atoms with van der Waals surface area (Å²) < 4.78 is 5.40. The highest BCUT2D eigenvalue weighted by Gasteiger charge is 2.28. The number of nitrogens with two attached hydrogens (primary N) is 1. The number of rotatable bonds is 4. The second-order valence-electron chi connectivity index (χ2n) is 3.52. The Morgan fingerprint density at radius 1 is 1.50 bits per heavy atom. The van der Waals surface area contributed by atoms with Crippen LogP contribution in [0.15, 0.2) is 12.3 Å². The van der Waals surface area contributed by atoms with E-state index < -0.39 is 11.9 Å². The maximum atomic E-state index is 11.2. The Labute approximate surface area is 91.0 Å². The van der Waals surface area contributed by atoms with Gasteiger partial charge in [0.05, 0.1) is 6.10 Å². The van der Waals surface area contributed by atoms with Crippen LogP contribution in [0.25, 0.3) is 0 Å². The molecule has 1 fully saturated rings. The van der Waals surface area contributed by atoms with Crippen molar-refractivity contribution in [2.24, 2.45) is 5.73 Å². The average Bonchev–Trinajstić information content (AvgIpc) is 3.00. The van der Waals surface area contributed by atoms with Gasteiger partial charge in [0.1, 0.15) is 11.3 Å². The van der Waals surface area contributed by atoms with Gasteiger partial charge in [-0.15, -0.1) is 0 Å². The molecule has 0 aromatic carbocycles. The third-order valence-electron chi connectivity index (χ3n) is 2.18. The number of amides is 1. The fourth-order valence-corrected chi connectivity index (χ4v) is 1.31. The fraction of sp³-hybridized carbons (Fsp3) is 0.300. The van der Waals surface area contributed by atoms with Gasteiger partial charge in [-0.05, 0) is 18.9 Å². The maximum Gasteiger partial charge on any atom is 0.355 e. The number of aromatic nitrogens is 1. The van der Waals surface area contributed by atoms with E-state index >= 15 is 0 Å². The fourth-order valence-electron chi connectivity index (χ4n) is 1.31. The second-order valence-corrected chi connectivity index (χ2v) is 3.52. The summed E-state index contributed by atoms with van der Waals surface area (Å²) in [6.45, 7) is 0. The first-order chi connectivity index (χ1) is 7.59. The number of nitrogens with zero attached hydrogens (tertiary/aromatic N) is 1. The Morgan fingerprint density at radius 3 is 2.69 bits per heavy atom. The van der Waals surface area contributed by atoms with Crippen LogP contribution in [0.2, 0.25) is 0 Å². The van der Waals surface area contributed by atoms with Crippen molar-refractivity contribution in [1.82, 2.24) is 4.98 Å². The number of aromatic carboxylic acids is 1. The summed E-state index contributed by atoms with van der Waals surface area (Å²) in [6.07, 6.45) is 3.15. The van der Waals surface area contributed by atoms with Crippen molar-refractivity contribution in [3.63, 3.8) is 0 Å². The first-order valence-corrected chi connectivity index (χ1v) is 4.78. The summed E-state index contributed by atoms with van der Waals surface area (Å²) in [7, 11) is 0. The van der Waals surface area contributed by atoms with E-state index in [0.29, 0.717) is 0 Å². The van der Waals surface area contributed by atoms with Crippen LogP contribution in [0.5, 0.6) is 5.75 Å². The van der Waals surface area contributed by atoms with Gasteiger partial charge >= 0.3 is 5.97 Å². The van der Waals surface area contributed by atoms with Crippen LogP contribution >= 0.6 is 0 Å². The molecular formula is C10H10N2O4. The minimum Gasteiger partial charge on any atom is -0.489 e. The molecule has 0 bridgehead atoms. The van der Waals surface area contributed by atoms with Gasteiger partial charge in [-0.1, -0.05) is 0 Å². The molecule has 1 amide bonds. The topological polar surface area (TPSA) is 103 Å². The van der Waals surface area contributed by atoms with E-state index in [9.17, 15) is 9.59 Å². The zero-order chi connectivity index (χ0) is 11.7. The third kappa shape index (κ3) is 1.95. The highest BCUT2D eigenvalue weighted by atomic mass is 16.5. The van der Waals surface area contributed by atoms with Crippen LogP contribution < -0.4 is 10.5 Å². The monoisotopic (exact) mass is 222 g/mol. The molecule has 1 aliphatic rings.